The Hall–Kier alpha value is -2.94. The molecule has 0 aliphatic heterocycles. The summed E-state index contributed by atoms with van der Waals surface area (Å²) in [4.78, 5) is 48.8. The van der Waals surface area contributed by atoms with Crippen molar-refractivity contribution in [1.82, 2.24) is 0 Å². The molecule has 3 N–H and O–H groups in total. The largest absolute Gasteiger partial charge is 0.480 e. The average Bonchev–Trinajstić information content (AvgIpc) is 2.82. The quantitative estimate of drug-likeness (QED) is 0.278. The Morgan fingerprint density at radius 1 is 0.889 bits per heavy atom. The highest BCUT2D eigenvalue weighted by molar-refractivity contribution is 5.79. The molecule has 0 spiro atoms. The van der Waals surface area contributed by atoms with Crippen LogP contribution in [0.25, 0.3) is 0 Å². The van der Waals surface area contributed by atoms with Crippen LogP contribution in [-0.2, 0) is 23.9 Å². The summed E-state index contributed by atoms with van der Waals surface area (Å²) in [6.07, 6.45) is 1.36. The van der Waals surface area contributed by atoms with Crippen LogP contribution in [0, 0.1) is 23.7 Å². The van der Waals surface area contributed by atoms with Gasteiger partial charge >= 0.3 is 23.9 Å². The molecule has 9 heteroatoms. The first-order valence-corrected chi connectivity index (χ1v) is 12.5. The minimum atomic E-state index is -1.32. The highest BCUT2D eigenvalue weighted by Crippen LogP contribution is 2.36. The van der Waals surface area contributed by atoms with Crippen LogP contribution >= 0.6 is 0 Å². The van der Waals surface area contributed by atoms with E-state index in [9.17, 15) is 24.3 Å². The fourth-order valence-electron chi connectivity index (χ4n) is 3.41. The average molecular weight is 508 g/mol. The fourth-order valence-corrected chi connectivity index (χ4v) is 3.41. The van der Waals surface area contributed by atoms with Gasteiger partial charge in [-0.25, -0.2) is 0 Å². The zero-order valence-electron chi connectivity index (χ0n) is 22.4. The van der Waals surface area contributed by atoms with Gasteiger partial charge in [-0.3, -0.25) is 19.2 Å². The van der Waals surface area contributed by atoms with Crippen LogP contribution in [0.2, 0.25) is 0 Å². The number of carbonyl (C=O) groups excluding carboxylic acids is 3. The standard InChI is InChI=1S/C27H41NO8/c1-8-16(5)26(32)35-20-11-10-19(13-21(20)36-27(33)17(6)9-2)23(24(28)25(30)31)18(7)14-34-22(29)12-15(3)4/h10-11,13,15-18,23-24H,8-9,12,14,28H2,1-7H3,(H,30,31)/t16?,17?,18?,23?,24-/m0/s1. The van der Waals surface area contributed by atoms with Crippen molar-refractivity contribution in [2.75, 3.05) is 6.61 Å². The predicted molar refractivity (Wildman–Crippen MR) is 135 cm³/mol. The van der Waals surface area contributed by atoms with Crippen molar-refractivity contribution < 1.29 is 38.5 Å². The predicted octanol–water partition coefficient (Wildman–Crippen LogP) is 4.31. The van der Waals surface area contributed by atoms with E-state index in [1.54, 1.807) is 26.8 Å². The Bertz CT molecular complexity index is 913. The molecule has 4 unspecified atom stereocenters. The molecule has 0 radical (unpaired) electrons. The number of benzene rings is 1. The molecule has 0 saturated heterocycles. The molecule has 1 rings (SSSR count). The van der Waals surface area contributed by atoms with Gasteiger partial charge in [0.15, 0.2) is 11.5 Å². The number of hydrogen-bond acceptors (Lipinski definition) is 8. The van der Waals surface area contributed by atoms with Gasteiger partial charge in [0.25, 0.3) is 0 Å². The topological polar surface area (TPSA) is 142 Å². The second-order valence-corrected chi connectivity index (χ2v) is 9.82. The van der Waals surface area contributed by atoms with Gasteiger partial charge in [0.2, 0.25) is 0 Å². The maximum absolute atomic E-state index is 12.6. The number of aliphatic carboxylic acids is 1. The van der Waals surface area contributed by atoms with Crippen LogP contribution in [0.1, 0.15) is 79.2 Å². The van der Waals surface area contributed by atoms with Crippen LogP contribution < -0.4 is 15.2 Å². The summed E-state index contributed by atoms with van der Waals surface area (Å²) in [5.74, 6) is -4.44. The molecule has 36 heavy (non-hydrogen) atoms. The number of rotatable bonds is 14. The smallest absolute Gasteiger partial charge is 0.321 e. The molecule has 5 atom stereocenters. The number of carboxylic acids is 1. The van der Waals surface area contributed by atoms with Gasteiger partial charge in [-0.1, -0.05) is 54.5 Å². The summed E-state index contributed by atoms with van der Waals surface area (Å²) in [6.45, 7) is 12.6. The number of ether oxygens (including phenoxy) is 3. The zero-order valence-corrected chi connectivity index (χ0v) is 22.4. The number of carbonyl (C=O) groups is 4. The number of nitrogens with two attached hydrogens (primary N) is 1. The van der Waals surface area contributed by atoms with Crippen molar-refractivity contribution >= 4 is 23.9 Å². The summed E-state index contributed by atoms with van der Waals surface area (Å²) in [6, 6.07) is 3.20. The minimum absolute atomic E-state index is 0.000967. The van der Waals surface area contributed by atoms with Crippen LogP contribution in [0.3, 0.4) is 0 Å². The van der Waals surface area contributed by atoms with E-state index in [-0.39, 0.29) is 42.3 Å². The van der Waals surface area contributed by atoms with Gasteiger partial charge in [-0.05, 0) is 42.4 Å². The van der Waals surface area contributed by atoms with Crippen molar-refractivity contribution in [3.05, 3.63) is 23.8 Å². The maximum atomic E-state index is 12.6. The second-order valence-electron chi connectivity index (χ2n) is 9.82. The molecule has 0 bridgehead atoms. The molecule has 0 aliphatic carbocycles. The van der Waals surface area contributed by atoms with Crippen LogP contribution in [0.15, 0.2) is 18.2 Å². The lowest BCUT2D eigenvalue weighted by Crippen LogP contribution is -2.40. The molecular weight excluding hydrogens is 466 g/mol. The van der Waals surface area contributed by atoms with Crippen molar-refractivity contribution in [3.8, 4) is 11.5 Å². The second kappa shape index (κ2) is 14.6. The van der Waals surface area contributed by atoms with Gasteiger partial charge in [-0.2, -0.15) is 0 Å². The van der Waals surface area contributed by atoms with E-state index in [2.05, 4.69) is 0 Å². The van der Waals surface area contributed by atoms with E-state index in [4.69, 9.17) is 19.9 Å². The van der Waals surface area contributed by atoms with E-state index >= 15 is 0 Å². The van der Waals surface area contributed by atoms with Crippen molar-refractivity contribution in [2.45, 2.75) is 79.7 Å². The first-order chi connectivity index (χ1) is 16.8. The Labute approximate surface area is 213 Å². The first kappa shape index (κ1) is 31.1. The first-order valence-electron chi connectivity index (χ1n) is 12.5. The third-order valence-corrected chi connectivity index (χ3v) is 6.17. The molecule has 0 fully saturated rings. The normalized spacial score (nSPS) is 15.4. The lowest BCUT2D eigenvalue weighted by molar-refractivity contribution is -0.146. The molecule has 1 aromatic rings. The molecule has 0 heterocycles. The monoisotopic (exact) mass is 507 g/mol. The van der Waals surface area contributed by atoms with E-state index < -0.39 is 41.7 Å². The molecule has 0 aromatic heterocycles. The molecule has 9 nitrogen and oxygen atoms in total. The number of hydrogen-bond donors (Lipinski definition) is 2. The summed E-state index contributed by atoms with van der Waals surface area (Å²) in [5, 5.41) is 9.65. The SMILES string of the molecule is CCC(C)C(=O)Oc1ccc(C(C(C)COC(=O)CC(C)C)[C@H](N)C(=O)O)cc1OC(=O)C(C)CC. The van der Waals surface area contributed by atoms with Crippen LogP contribution in [0.5, 0.6) is 11.5 Å². The summed E-state index contributed by atoms with van der Waals surface area (Å²) < 4.78 is 16.4. The van der Waals surface area contributed by atoms with Crippen molar-refractivity contribution in [2.24, 2.45) is 29.4 Å². The van der Waals surface area contributed by atoms with E-state index in [0.717, 1.165) is 0 Å². The molecule has 0 aliphatic rings. The van der Waals surface area contributed by atoms with Crippen molar-refractivity contribution in [3.63, 3.8) is 0 Å². The highest BCUT2D eigenvalue weighted by atomic mass is 16.6. The fraction of sp³-hybridized carbons (Fsp3) is 0.630. The summed E-state index contributed by atoms with van der Waals surface area (Å²) in [5.41, 5.74) is 6.50. The van der Waals surface area contributed by atoms with E-state index in [0.29, 0.717) is 18.4 Å². The van der Waals surface area contributed by atoms with E-state index in [1.807, 2.05) is 27.7 Å². The van der Waals surface area contributed by atoms with Gasteiger partial charge in [0.1, 0.15) is 6.04 Å². The summed E-state index contributed by atoms with van der Waals surface area (Å²) >= 11 is 0. The van der Waals surface area contributed by atoms with Crippen LogP contribution in [-0.4, -0.2) is 41.6 Å². The van der Waals surface area contributed by atoms with Crippen LogP contribution in [0.4, 0.5) is 0 Å². The Morgan fingerprint density at radius 2 is 1.42 bits per heavy atom. The summed E-state index contributed by atoms with van der Waals surface area (Å²) in [7, 11) is 0. The molecule has 0 saturated carbocycles. The Balaban J connectivity index is 3.39. The van der Waals surface area contributed by atoms with Gasteiger partial charge in [-0.15, -0.1) is 0 Å². The number of esters is 3. The molecule has 0 amide bonds. The lowest BCUT2D eigenvalue weighted by Gasteiger charge is -2.28. The molecular formula is C27H41NO8. The lowest BCUT2D eigenvalue weighted by atomic mass is 9.82. The zero-order chi connectivity index (χ0) is 27.6. The van der Waals surface area contributed by atoms with Gasteiger partial charge in [0, 0.05) is 12.3 Å². The Kier molecular flexibility index (Phi) is 12.6. The Morgan fingerprint density at radius 3 is 1.89 bits per heavy atom. The third-order valence-electron chi connectivity index (χ3n) is 6.17. The van der Waals surface area contributed by atoms with Gasteiger partial charge < -0.3 is 25.1 Å². The molecule has 1 aromatic carbocycles. The third kappa shape index (κ3) is 9.26. The number of carboxylic acid groups (broad SMARTS) is 1. The van der Waals surface area contributed by atoms with Gasteiger partial charge in [0.05, 0.1) is 18.4 Å². The maximum Gasteiger partial charge on any atom is 0.321 e. The van der Waals surface area contributed by atoms with Crippen molar-refractivity contribution in [1.29, 1.82) is 0 Å². The highest BCUT2D eigenvalue weighted by Gasteiger charge is 2.33. The molecule has 202 valence electrons. The van der Waals surface area contributed by atoms with E-state index in [1.165, 1.54) is 12.1 Å². The minimum Gasteiger partial charge on any atom is -0.480 e.